The minimum atomic E-state index is -4.36. The van der Waals surface area contributed by atoms with Gasteiger partial charge in [0.2, 0.25) is 0 Å². The number of pyridine rings is 1. The van der Waals surface area contributed by atoms with Crippen LogP contribution < -0.4 is 11.1 Å². The van der Waals surface area contributed by atoms with Gasteiger partial charge in [-0.15, -0.1) is 0 Å². The van der Waals surface area contributed by atoms with Gasteiger partial charge in [-0.3, -0.25) is 4.57 Å². The van der Waals surface area contributed by atoms with Gasteiger partial charge in [-0.05, 0) is 42.5 Å². The highest BCUT2D eigenvalue weighted by molar-refractivity contribution is 5.67. The molecule has 0 amide bonds. The topological polar surface area (TPSA) is 60.1 Å². The van der Waals surface area contributed by atoms with Gasteiger partial charge in [0, 0.05) is 25.3 Å². The van der Waals surface area contributed by atoms with Crippen molar-refractivity contribution < 1.29 is 17.6 Å². The fourth-order valence-corrected chi connectivity index (χ4v) is 4.11. The normalized spacial score (nSPS) is 20.1. The van der Waals surface area contributed by atoms with Crippen LogP contribution in [0.3, 0.4) is 0 Å². The number of hydrogen-bond acceptors (Lipinski definition) is 4. The molecule has 148 valence electrons. The number of alkyl halides is 3. The van der Waals surface area contributed by atoms with E-state index in [2.05, 4.69) is 10.3 Å². The van der Waals surface area contributed by atoms with E-state index in [1.54, 1.807) is 30.5 Å². The van der Waals surface area contributed by atoms with Gasteiger partial charge in [0.1, 0.15) is 0 Å². The first-order chi connectivity index (χ1) is 13.4. The summed E-state index contributed by atoms with van der Waals surface area (Å²) < 4.78 is 46.7. The smallest absolute Gasteiger partial charge is 0.406 e. The van der Waals surface area contributed by atoms with E-state index in [1.165, 1.54) is 10.6 Å². The summed E-state index contributed by atoms with van der Waals surface area (Å²) in [6, 6.07) is 9.10. The molecular formula is C20H20F3N3O2. The molecule has 1 aliphatic rings. The Kier molecular flexibility index (Phi) is 4.97. The molecule has 5 nitrogen and oxygen atoms in total. The van der Waals surface area contributed by atoms with Crippen molar-refractivity contribution in [3.05, 3.63) is 64.3 Å². The van der Waals surface area contributed by atoms with E-state index in [0.29, 0.717) is 36.3 Å². The molecule has 0 unspecified atom stereocenters. The van der Waals surface area contributed by atoms with Crippen molar-refractivity contribution >= 4 is 11.2 Å². The Balaban J connectivity index is 1.48. The second-order valence-electron chi connectivity index (χ2n) is 7.03. The van der Waals surface area contributed by atoms with Gasteiger partial charge in [-0.2, -0.15) is 13.2 Å². The Morgan fingerprint density at radius 2 is 2.00 bits per heavy atom. The number of nitrogens with zero attached hydrogens (tertiary/aromatic N) is 2. The Labute approximate surface area is 159 Å². The highest BCUT2D eigenvalue weighted by Crippen LogP contribution is 2.41. The average molecular weight is 391 g/mol. The van der Waals surface area contributed by atoms with Gasteiger partial charge in [0.25, 0.3) is 0 Å². The zero-order chi connectivity index (χ0) is 19.7. The van der Waals surface area contributed by atoms with Crippen LogP contribution in [0.2, 0.25) is 0 Å². The van der Waals surface area contributed by atoms with E-state index in [4.69, 9.17) is 4.42 Å². The van der Waals surface area contributed by atoms with Crippen LogP contribution >= 0.6 is 0 Å². The van der Waals surface area contributed by atoms with Crippen LogP contribution in [0.1, 0.15) is 36.3 Å². The lowest BCUT2D eigenvalue weighted by molar-refractivity contribution is -0.138. The van der Waals surface area contributed by atoms with Crippen molar-refractivity contribution in [2.45, 2.75) is 43.9 Å². The minimum Gasteiger partial charge on any atom is -0.406 e. The number of halogens is 3. The van der Waals surface area contributed by atoms with E-state index >= 15 is 0 Å². The lowest BCUT2D eigenvalue weighted by Crippen LogP contribution is -2.35. The highest BCUT2D eigenvalue weighted by Gasteiger charge is 2.38. The summed E-state index contributed by atoms with van der Waals surface area (Å²) in [4.78, 5) is 16.2. The maximum absolute atomic E-state index is 13.4. The van der Waals surface area contributed by atoms with Crippen molar-refractivity contribution in [2.75, 3.05) is 6.54 Å². The molecule has 0 aliphatic heterocycles. The standard InChI is InChI=1S/C20H20F3N3O2/c21-20(22,23)15-7-2-1-5-13(15)14-6-3-8-16(14)24-11-12-26-18-17(28-19(26)27)9-4-10-25-18/h1-2,4-5,7,9-10,14,16,24H,3,6,8,11-12H2/t14-,16+/m1/s1. The maximum atomic E-state index is 13.4. The van der Waals surface area contributed by atoms with Crippen LogP contribution in [0, 0.1) is 0 Å². The van der Waals surface area contributed by atoms with Crippen molar-refractivity contribution in [3.8, 4) is 0 Å². The predicted molar refractivity (Wildman–Crippen MR) is 98.1 cm³/mol. The monoisotopic (exact) mass is 391 g/mol. The summed E-state index contributed by atoms with van der Waals surface area (Å²) in [5.74, 6) is -0.686. The Morgan fingerprint density at radius 3 is 2.82 bits per heavy atom. The SMILES string of the molecule is O=c1oc2cccnc2n1CCN[C@H]1CCC[C@@H]1c1ccccc1C(F)(F)F. The van der Waals surface area contributed by atoms with E-state index in [1.807, 2.05) is 0 Å². The molecule has 8 heteroatoms. The lowest BCUT2D eigenvalue weighted by Gasteiger charge is -2.24. The molecule has 1 aromatic carbocycles. The third kappa shape index (κ3) is 3.56. The quantitative estimate of drug-likeness (QED) is 0.716. The van der Waals surface area contributed by atoms with E-state index in [0.717, 1.165) is 18.9 Å². The summed E-state index contributed by atoms with van der Waals surface area (Å²) in [6.45, 7) is 0.785. The molecule has 0 bridgehead atoms. The van der Waals surface area contributed by atoms with Crippen LogP contribution in [0.5, 0.6) is 0 Å². The molecule has 28 heavy (non-hydrogen) atoms. The summed E-state index contributed by atoms with van der Waals surface area (Å²) in [5.41, 5.74) is 0.678. The molecule has 1 saturated carbocycles. The molecule has 1 fully saturated rings. The molecule has 0 spiro atoms. The first-order valence-corrected chi connectivity index (χ1v) is 9.29. The summed E-state index contributed by atoms with van der Waals surface area (Å²) in [5, 5.41) is 3.34. The molecule has 1 N–H and O–H groups in total. The van der Waals surface area contributed by atoms with E-state index in [-0.39, 0.29) is 12.0 Å². The number of benzene rings is 1. The van der Waals surface area contributed by atoms with Gasteiger partial charge < -0.3 is 9.73 Å². The molecule has 2 atom stereocenters. The second kappa shape index (κ2) is 7.43. The number of nitrogens with one attached hydrogen (secondary N) is 1. The fraction of sp³-hybridized carbons (Fsp3) is 0.400. The van der Waals surface area contributed by atoms with Crippen LogP contribution in [0.4, 0.5) is 13.2 Å². The number of aromatic nitrogens is 2. The minimum absolute atomic E-state index is 0.0645. The highest BCUT2D eigenvalue weighted by atomic mass is 19.4. The first-order valence-electron chi connectivity index (χ1n) is 9.29. The molecule has 0 radical (unpaired) electrons. The average Bonchev–Trinajstić information content (AvgIpc) is 3.25. The van der Waals surface area contributed by atoms with Gasteiger partial charge in [0.15, 0.2) is 11.2 Å². The first kappa shape index (κ1) is 18.7. The summed E-state index contributed by atoms with van der Waals surface area (Å²) in [7, 11) is 0. The fourth-order valence-electron chi connectivity index (χ4n) is 4.11. The van der Waals surface area contributed by atoms with Gasteiger partial charge in [-0.25, -0.2) is 9.78 Å². The van der Waals surface area contributed by atoms with Gasteiger partial charge in [0.05, 0.1) is 5.56 Å². The van der Waals surface area contributed by atoms with Crippen molar-refractivity contribution in [1.29, 1.82) is 0 Å². The third-order valence-electron chi connectivity index (χ3n) is 5.35. The molecule has 2 heterocycles. The molecule has 2 aromatic heterocycles. The van der Waals surface area contributed by atoms with Crippen molar-refractivity contribution in [2.24, 2.45) is 0 Å². The zero-order valence-corrected chi connectivity index (χ0v) is 15.1. The lowest BCUT2D eigenvalue weighted by atomic mass is 9.90. The molecule has 3 aromatic rings. The third-order valence-corrected chi connectivity index (χ3v) is 5.35. The van der Waals surface area contributed by atoms with E-state index < -0.39 is 17.5 Å². The molecule has 4 rings (SSSR count). The molecule has 0 saturated heterocycles. The maximum Gasteiger partial charge on any atom is 0.421 e. The summed E-state index contributed by atoms with van der Waals surface area (Å²) in [6.07, 6.45) is -0.400. The molecule has 1 aliphatic carbocycles. The molecular weight excluding hydrogens is 371 g/mol. The van der Waals surface area contributed by atoms with Gasteiger partial charge in [-0.1, -0.05) is 24.6 Å². The van der Waals surface area contributed by atoms with Gasteiger partial charge >= 0.3 is 11.9 Å². The van der Waals surface area contributed by atoms with Crippen LogP contribution in [0.15, 0.2) is 51.8 Å². The van der Waals surface area contributed by atoms with Crippen LogP contribution in [-0.2, 0) is 12.7 Å². The Bertz CT molecular complexity index is 1030. The number of oxazole rings is 1. The van der Waals surface area contributed by atoms with Crippen molar-refractivity contribution in [1.82, 2.24) is 14.9 Å². The summed E-state index contributed by atoms with van der Waals surface area (Å²) >= 11 is 0. The Morgan fingerprint density at radius 1 is 1.18 bits per heavy atom. The van der Waals surface area contributed by atoms with E-state index in [9.17, 15) is 18.0 Å². The predicted octanol–water partition coefficient (Wildman–Crippen LogP) is 3.93. The number of fused-ring (bicyclic) bond motifs is 1. The van der Waals surface area contributed by atoms with Crippen LogP contribution in [0.25, 0.3) is 11.2 Å². The largest absolute Gasteiger partial charge is 0.421 e. The zero-order valence-electron chi connectivity index (χ0n) is 15.1. The number of hydrogen-bond donors (Lipinski definition) is 1. The van der Waals surface area contributed by atoms with Crippen LogP contribution in [-0.4, -0.2) is 22.1 Å². The second-order valence-corrected chi connectivity index (χ2v) is 7.03. The Hall–Kier alpha value is -2.61. The number of rotatable bonds is 5. The van der Waals surface area contributed by atoms with Crippen molar-refractivity contribution in [3.63, 3.8) is 0 Å².